The molecule has 0 saturated carbocycles. The van der Waals surface area contributed by atoms with E-state index >= 15 is 0 Å². The molecule has 0 spiro atoms. The maximum atomic E-state index is 10.5. The topological polar surface area (TPSA) is 95.6 Å². The molecule has 0 aliphatic heterocycles. The number of nitrogens with zero attached hydrogens (tertiary/aromatic N) is 1. The molecule has 15 heavy (non-hydrogen) atoms. The van der Waals surface area contributed by atoms with Crippen molar-refractivity contribution in [2.75, 3.05) is 11.9 Å². The third-order valence-corrected chi connectivity index (χ3v) is 2.11. The van der Waals surface area contributed by atoms with Gasteiger partial charge in [-0.15, -0.1) is 0 Å². The van der Waals surface area contributed by atoms with Crippen molar-refractivity contribution in [1.29, 1.82) is 0 Å². The van der Waals surface area contributed by atoms with Crippen LogP contribution >= 0.6 is 0 Å². The van der Waals surface area contributed by atoms with Gasteiger partial charge >= 0.3 is 5.97 Å². The number of oxazole rings is 1. The van der Waals surface area contributed by atoms with Crippen molar-refractivity contribution in [2.24, 2.45) is 0 Å². The molecule has 6 heteroatoms. The summed E-state index contributed by atoms with van der Waals surface area (Å²) in [7, 11) is 0. The molecule has 0 bridgehead atoms. The van der Waals surface area contributed by atoms with Gasteiger partial charge in [-0.05, 0) is 13.3 Å². The van der Waals surface area contributed by atoms with Gasteiger partial charge in [0, 0.05) is 6.54 Å². The monoisotopic (exact) mass is 214 g/mol. The molecule has 0 fully saturated rings. The number of carboxylic acids is 1. The van der Waals surface area contributed by atoms with E-state index < -0.39 is 11.6 Å². The van der Waals surface area contributed by atoms with Gasteiger partial charge in [0.05, 0.1) is 5.60 Å². The van der Waals surface area contributed by atoms with E-state index in [2.05, 4.69) is 10.3 Å². The Morgan fingerprint density at radius 1 is 1.73 bits per heavy atom. The summed E-state index contributed by atoms with van der Waals surface area (Å²) < 4.78 is 4.85. The van der Waals surface area contributed by atoms with Crippen LogP contribution in [0.25, 0.3) is 0 Å². The quantitative estimate of drug-likeness (QED) is 0.675. The molecule has 1 unspecified atom stereocenters. The minimum Gasteiger partial charge on any atom is -0.476 e. The molecule has 0 aliphatic carbocycles. The van der Waals surface area contributed by atoms with Crippen LogP contribution in [0.1, 0.15) is 30.8 Å². The average Bonchev–Trinajstić information content (AvgIpc) is 2.63. The first-order chi connectivity index (χ1) is 6.94. The molecule has 0 radical (unpaired) electrons. The van der Waals surface area contributed by atoms with Crippen molar-refractivity contribution in [3.8, 4) is 0 Å². The summed E-state index contributed by atoms with van der Waals surface area (Å²) in [6.45, 7) is 3.77. The average molecular weight is 214 g/mol. The minimum atomic E-state index is -1.14. The van der Waals surface area contributed by atoms with Gasteiger partial charge in [0.25, 0.3) is 6.01 Å². The highest BCUT2D eigenvalue weighted by molar-refractivity contribution is 5.85. The number of aromatic carboxylic acids is 1. The zero-order valence-electron chi connectivity index (χ0n) is 8.65. The standard InChI is InChI=1S/C9H14N2O4/c1-3-9(2,14)5-10-8-11-6(4-15-8)7(12)13/h4,14H,3,5H2,1-2H3,(H,10,11)(H,12,13). The molecule has 1 aromatic heterocycles. The van der Waals surface area contributed by atoms with Crippen LogP contribution in [-0.4, -0.2) is 33.3 Å². The summed E-state index contributed by atoms with van der Waals surface area (Å²) in [5.74, 6) is -1.14. The predicted octanol–water partition coefficient (Wildman–Crippen LogP) is 0.946. The van der Waals surface area contributed by atoms with Gasteiger partial charge in [0.1, 0.15) is 6.26 Å². The molecule has 0 amide bonds. The Hall–Kier alpha value is -1.56. The van der Waals surface area contributed by atoms with Crippen LogP contribution in [0.2, 0.25) is 0 Å². The zero-order valence-corrected chi connectivity index (χ0v) is 8.65. The van der Waals surface area contributed by atoms with E-state index in [0.29, 0.717) is 6.42 Å². The number of hydrogen-bond acceptors (Lipinski definition) is 5. The third-order valence-electron chi connectivity index (χ3n) is 2.11. The number of hydrogen-bond donors (Lipinski definition) is 3. The van der Waals surface area contributed by atoms with E-state index in [0.717, 1.165) is 6.26 Å². The Morgan fingerprint density at radius 2 is 2.40 bits per heavy atom. The molecule has 0 aliphatic rings. The van der Waals surface area contributed by atoms with E-state index in [1.807, 2.05) is 6.92 Å². The first-order valence-corrected chi connectivity index (χ1v) is 4.59. The van der Waals surface area contributed by atoms with Crippen molar-refractivity contribution in [3.05, 3.63) is 12.0 Å². The lowest BCUT2D eigenvalue weighted by Crippen LogP contribution is -2.32. The van der Waals surface area contributed by atoms with E-state index in [1.165, 1.54) is 0 Å². The molecule has 3 N–H and O–H groups in total. The van der Waals surface area contributed by atoms with Crippen LogP contribution in [0.15, 0.2) is 10.7 Å². The highest BCUT2D eigenvalue weighted by Crippen LogP contribution is 2.12. The number of nitrogens with one attached hydrogen (secondary N) is 1. The number of aromatic nitrogens is 1. The Kier molecular flexibility index (Phi) is 3.31. The highest BCUT2D eigenvalue weighted by atomic mass is 16.4. The van der Waals surface area contributed by atoms with Crippen molar-refractivity contribution < 1.29 is 19.4 Å². The second-order valence-corrected chi connectivity index (χ2v) is 3.55. The smallest absolute Gasteiger partial charge is 0.357 e. The van der Waals surface area contributed by atoms with Crippen LogP contribution in [0.3, 0.4) is 0 Å². The van der Waals surface area contributed by atoms with Crippen molar-refractivity contribution in [1.82, 2.24) is 4.98 Å². The van der Waals surface area contributed by atoms with Crippen molar-refractivity contribution in [2.45, 2.75) is 25.9 Å². The van der Waals surface area contributed by atoms with Gasteiger partial charge in [-0.1, -0.05) is 6.92 Å². The summed E-state index contributed by atoms with van der Waals surface area (Å²) >= 11 is 0. The first-order valence-electron chi connectivity index (χ1n) is 4.59. The SMILES string of the molecule is CCC(C)(O)CNc1nc(C(=O)O)co1. The molecule has 0 aromatic carbocycles. The Bertz CT molecular complexity index is 346. The molecular weight excluding hydrogens is 200 g/mol. The molecule has 1 heterocycles. The summed E-state index contributed by atoms with van der Waals surface area (Å²) in [6, 6.07) is 0.0983. The van der Waals surface area contributed by atoms with Crippen LogP contribution in [0, 0.1) is 0 Å². The van der Waals surface area contributed by atoms with E-state index in [4.69, 9.17) is 9.52 Å². The molecule has 1 aromatic rings. The number of anilines is 1. The Balaban J connectivity index is 2.55. The predicted molar refractivity (Wildman–Crippen MR) is 52.9 cm³/mol. The van der Waals surface area contributed by atoms with E-state index in [-0.39, 0.29) is 18.3 Å². The van der Waals surface area contributed by atoms with Gasteiger partial charge in [0.2, 0.25) is 0 Å². The van der Waals surface area contributed by atoms with Crippen LogP contribution in [0.4, 0.5) is 6.01 Å². The highest BCUT2D eigenvalue weighted by Gasteiger charge is 2.18. The van der Waals surface area contributed by atoms with Crippen molar-refractivity contribution >= 4 is 12.0 Å². The largest absolute Gasteiger partial charge is 0.476 e. The number of aliphatic hydroxyl groups is 1. The normalized spacial score (nSPS) is 14.6. The van der Waals surface area contributed by atoms with Gasteiger partial charge < -0.3 is 19.9 Å². The molecule has 0 saturated heterocycles. The summed E-state index contributed by atoms with van der Waals surface area (Å²) in [5.41, 5.74) is -1.02. The summed E-state index contributed by atoms with van der Waals surface area (Å²) in [6.07, 6.45) is 1.62. The molecule has 1 atom stereocenters. The van der Waals surface area contributed by atoms with Gasteiger partial charge in [-0.2, -0.15) is 4.98 Å². The molecule has 6 nitrogen and oxygen atoms in total. The minimum absolute atomic E-state index is 0.0983. The lowest BCUT2D eigenvalue weighted by Gasteiger charge is -2.20. The fourth-order valence-electron chi connectivity index (χ4n) is 0.844. The van der Waals surface area contributed by atoms with E-state index in [9.17, 15) is 9.90 Å². The Morgan fingerprint density at radius 3 is 2.87 bits per heavy atom. The summed E-state index contributed by atoms with van der Waals surface area (Å²) in [5, 5.41) is 20.9. The molecule has 84 valence electrons. The fourth-order valence-corrected chi connectivity index (χ4v) is 0.844. The number of carboxylic acid groups (broad SMARTS) is 1. The lowest BCUT2D eigenvalue weighted by atomic mass is 10.0. The molecular formula is C9H14N2O4. The van der Waals surface area contributed by atoms with Gasteiger partial charge in [-0.3, -0.25) is 0 Å². The van der Waals surface area contributed by atoms with E-state index in [1.54, 1.807) is 6.92 Å². The third kappa shape index (κ3) is 3.25. The van der Waals surface area contributed by atoms with Crippen LogP contribution < -0.4 is 5.32 Å². The van der Waals surface area contributed by atoms with Crippen LogP contribution in [-0.2, 0) is 0 Å². The second kappa shape index (κ2) is 4.31. The Labute approximate surface area is 86.9 Å². The van der Waals surface area contributed by atoms with Crippen LogP contribution in [0.5, 0.6) is 0 Å². The number of carbonyl (C=O) groups is 1. The maximum Gasteiger partial charge on any atom is 0.357 e. The number of rotatable bonds is 5. The second-order valence-electron chi connectivity index (χ2n) is 3.55. The summed E-state index contributed by atoms with van der Waals surface area (Å²) in [4.78, 5) is 14.1. The fraction of sp³-hybridized carbons (Fsp3) is 0.556. The lowest BCUT2D eigenvalue weighted by molar-refractivity contribution is 0.0686. The first kappa shape index (κ1) is 11.5. The maximum absolute atomic E-state index is 10.5. The molecule has 1 rings (SSSR count). The van der Waals surface area contributed by atoms with Gasteiger partial charge in [-0.25, -0.2) is 4.79 Å². The zero-order chi connectivity index (χ0) is 11.5. The van der Waals surface area contributed by atoms with Gasteiger partial charge in [0.15, 0.2) is 5.69 Å². The van der Waals surface area contributed by atoms with Crippen molar-refractivity contribution in [3.63, 3.8) is 0 Å².